The summed E-state index contributed by atoms with van der Waals surface area (Å²) < 4.78 is 5.89. The molecule has 0 amide bonds. The van der Waals surface area contributed by atoms with Crippen LogP contribution in [-0.2, 0) is 0 Å². The lowest BCUT2D eigenvalue weighted by molar-refractivity contribution is -0.386. The summed E-state index contributed by atoms with van der Waals surface area (Å²) in [6, 6.07) is 3.56. The molecule has 0 radical (unpaired) electrons. The minimum absolute atomic E-state index is 0.0328. The zero-order valence-corrected chi connectivity index (χ0v) is 12.3. The van der Waals surface area contributed by atoms with E-state index in [-0.39, 0.29) is 17.0 Å². The fourth-order valence-electron chi connectivity index (χ4n) is 2.69. The highest BCUT2D eigenvalue weighted by Gasteiger charge is 2.34. The predicted octanol–water partition coefficient (Wildman–Crippen LogP) is 3.40. The van der Waals surface area contributed by atoms with Crippen LogP contribution in [0.1, 0.15) is 49.4 Å². The monoisotopic (exact) mass is 303 g/mol. The maximum absolute atomic E-state index is 11.1. The third-order valence-electron chi connectivity index (χ3n) is 3.72. The van der Waals surface area contributed by atoms with Gasteiger partial charge in [-0.1, -0.05) is 12.3 Å². The molecule has 1 fully saturated rings. The fraction of sp³-hybridized carbons (Fsp3) is 0.438. The maximum atomic E-state index is 11.1. The van der Waals surface area contributed by atoms with Crippen LogP contribution in [0.5, 0.6) is 5.75 Å². The van der Waals surface area contributed by atoms with E-state index < -0.39 is 16.5 Å². The van der Waals surface area contributed by atoms with Crippen LogP contribution in [0.15, 0.2) is 18.2 Å². The molecule has 6 nitrogen and oxygen atoms in total. The van der Waals surface area contributed by atoms with Crippen molar-refractivity contribution in [3.63, 3.8) is 0 Å². The second-order valence-electron chi connectivity index (χ2n) is 5.28. The molecule has 22 heavy (non-hydrogen) atoms. The molecule has 1 N–H and O–H groups in total. The van der Waals surface area contributed by atoms with Crippen molar-refractivity contribution in [2.45, 2.75) is 44.6 Å². The summed E-state index contributed by atoms with van der Waals surface area (Å²) >= 11 is 0. The summed E-state index contributed by atoms with van der Waals surface area (Å²) in [4.78, 5) is 21.7. The highest BCUT2D eigenvalue weighted by molar-refractivity contribution is 5.88. The lowest BCUT2D eigenvalue weighted by Crippen LogP contribution is -2.37. The Morgan fingerprint density at radius 2 is 2.05 bits per heavy atom. The van der Waals surface area contributed by atoms with Crippen LogP contribution in [0, 0.1) is 22.0 Å². The lowest BCUT2D eigenvalue weighted by Gasteiger charge is -2.33. The zero-order valence-electron chi connectivity index (χ0n) is 12.3. The topological polar surface area (TPSA) is 89.7 Å². The molecule has 0 unspecified atom stereocenters. The van der Waals surface area contributed by atoms with Crippen molar-refractivity contribution < 1.29 is 19.6 Å². The Labute approximate surface area is 128 Å². The molecule has 2 rings (SSSR count). The molecular weight excluding hydrogens is 286 g/mol. The first-order valence-corrected chi connectivity index (χ1v) is 7.12. The molecule has 0 bridgehead atoms. The van der Waals surface area contributed by atoms with Crippen LogP contribution in [0.25, 0.3) is 0 Å². The second kappa shape index (κ2) is 6.48. The van der Waals surface area contributed by atoms with Crippen molar-refractivity contribution in [1.29, 1.82) is 0 Å². The Balaban J connectivity index is 2.43. The summed E-state index contributed by atoms with van der Waals surface area (Å²) in [6.45, 7) is 1.70. The SMILES string of the molecule is CC#CC1(Oc2cc(C(=O)O)ccc2[N+](=O)[O-])CCCCC1. The van der Waals surface area contributed by atoms with Gasteiger partial charge in [-0.05, 0) is 38.7 Å². The van der Waals surface area contributed by atoms with Gasteiger partial charge in [0.25, 0.3) is 0 Å². The van der Waals surface area contributed by atoms with Gasteiger partial charge in [0, 0.05) is 12.1 Å². The maximum Gasteiger partial charge on any atom is 0.335 e. The van der Waals surface area contributed by atoms with Crippen LogP contribution in [0.4, 0.5) is 5.69 Å². The molecule has 0 aliphatic heterocycles. The number of carboxylic acids is 1. The number of carboxylic acid groups (broad SMARTS) is 1. The number of aromatic carboxylic acids is 1. The molecule has 6 heteroatoms. The standard InChI is InChI=1S/C16H17NO5/c1-2-8-16(9-4-3-5-10-16)22-14-11-12(15(18)19)6-7-13(14)17(20)21/h6-7,11H,3-5,9-10H2,1H3,(H,18,19). The molecule has 1 saturated carbocycles. The van der Waals surface area contributed by atoms with E-state index in [0.717, 1.165) is 25.3 Å². The third kappa shape index (κ3) is 3.37. The molecule has 0 atom stereocenters. The summed E-state index contributed by atoms with van der Waals surface area (Å²) in [5.74, 6) is 4.66. The van der Waals surface area contributed by atoms with E-state index in [1.54, 1.807) is 6.92 Å². The van der Waals surface area contributed by atoms with Crippen LogP contribution in [0.3, 0.4) is 0 Å². The number of nitro benzene ring substituents is 1. The smallest absolute Gasteiger partial charge is 0.335 e. The van der Waals surface area contributed by atoms with Crippen molar-refractivity contribution in [2.24, 2.45) is 0 Å². The molecule has 1 aromatic rings. The van der Waals surface area contributed by atoms with E-state index in [2.05, 4.69) is 11.8 Å². The van der Waals surface area contributed by atoms with Gasteiger partial charge in [0.05, 0.1) is 10.5 Å². The van der Waals surface area contributed by atoms with Crippen molar-refractivity contribution in [1.82, 2.24) is 0 Å². The fourth-order valence-corrected chi connectivity index (χ4v) is 2.69. The summed E-state index contributed by atoms with van der Waals surface area (Å²) in [6.07, 6.45) is 4.31. The first kappa shape index (κ1) is 15.8. The van der Waals surface area contributed by atoms with E-state index in [0.29, 0.717) is 12.8 Å². The van der Waals surface area contributed by atoms with E-state index >= 15 is 0 Å². The van der Waals surface area contributed by atoms with E-state index in [1.807, 2.05) is 0 Å². The molecular formula is C16H17NO5. The zero-order chi connectivity index (χ0) is 16.2. The molecule has 116 valence electrons. The first-order chi connectivity index (χ1) is 10.5. The normalized spacial score (nSPS) is 16.2. The van der Waals surface area contributed by atoms with Gasteiger partial charge < -0.3 is 9.84 Å². The van der Waals surface area contributed by atoms with E-state index in [9.17, 15) is 14.9 Å². The van der Waals surface area contributed by atoms with Crippen LogP contribution in [-0.4, -0.2) is 21.6 Å². The number of nitro groups is 1. The number of nitrogens with zero attached hydrogens (tertiary/aromatic N) is 1. The average molecular weight is 303 g/mol. The van der Waals surface area contributed by atoms with Crippen molar-refractivity contribution in [3.05, 3.63) is 33.9 Å². The van der Waals surface area contributed by atoms with E-state index in [4.69, 9.17) is 9.84 Å². The van der Waals surface area contributed by atoms with Crippen molar-refractivity contribution in [3.8, 4) is 17.6 Å². The van der Waals surface area contributed by atoms with Gasteiger partial charge in [0.2, 0.25) is 0 Å². The Kier molecular flexibility index (Phi) is 4.66. The predicted molar refractivity (Wildman–Crippen MR) is 79.9 cm³/mol. The Hall–Kier alpha value is -2.55. The minimum Gasteiger partial charge on any atom is -0.478 e. The average Bonchev–Trinajstić information content (AvgIpc) is 2.48. The highest BCUT2D eigenvalue weighted by Crippen LogP contribution is 2.37. The van der Waals surface area contributed by atoms with Crippen molar-refractivity contribution in [2.75, 3.05) is 0 Å². The highest BCUT2D eigenvalue weighted by atomic mass is 16.6. The molecule has 0 spiro atoms. The van der Waals surface area contributed by atoms with Gasteiger partial charge in [-0.2, -0.15) is 0 Å². The first-order valence-electron chi connectivity index (χ1n) is 7.12. The van der Waals surface area contributed by atoms with Crippen LogP contribution in [0.2, 0.25) is 0 Å². The summed E-state index contributed by atoms with van der Waals surface area (Å²) in [5.41, 5.74) is -1.06. The molecule has 1 aromatic carbocycles. The van der Waals surface area contributed by atoms with Crippen LogP contribution < -0.4 is 4.74 Å². The van der Waals surface area contributed by atoms with Gasteiger partial charge in [-0.15, -0.1) is 5.92 Å². The third-order valence-corrected chi connectivity index (χ3v) is 3.72. The van der Waals surface area contributed by atoms with Gasteiger partial charge in [-0.25, -0.2) is 4.79 Å². The largest absolute Gasteiger partial charge is 0.478 e. The second-order valence-corrected chi connectivity index (χ2v) is 5.28. The Bertz CT molecular complexity index is 650. The number of hydrogen-bond donors (Lipinski definition) is 1. The Morgan fingerprint density at radius 1 is 1.36 bits per heavy atom. The summed E-state index contributed by atoms with van der Waals surface area (Å²) in [5, 5.41) is 20.2. The number of rotatable bonds is 4. The summed E-state index contributed by atoms with van der Waals surface area (Å²) in [7, 11) is 0. The van der Waals surface area contributed by atoms with E-state index in [1.165, 1.54) is 12.1 Å². The van der Waals surface area contributed by atoms with Gasteiger partial charge >= 0.3 is 11.7 Å². The lowest BCUT2D eigenvalue weighted by atomic mass is 9.85. The Morgan fingerprint density at radius 3 is 2.59 bits per heavy atom. The number of ether oxygens (including phenoxy) is 1. The van der Waals surface area contributed by atoms with Gasteiger partial charge in [0.1, 0.15) is 0 Å². The molecule has 1 aliphatic rings. The van der Waals surface area contributed by atoms with Crippen molar-refractivity contribution >= 4 is 11.7 Å². The number of benzene rings is 1. The molecule has 0 aromatic heterocycles. The molecule has 1 aliphatic carbocycles. The van der Waals surface area contributed by atoms with Gasteiger partial charge in [0.15, 0.2) is 11.4 Å². The van der Waals surface area contributed by atoms with Crippen LogP contribution >= 0.6 is 0 Å². The molecule has 0 heterocycles. The number of hydrogen-bond acceptors (Lipinski definition) is 4. The number of carbonyl (C=O) groups is 1. The molecule has 0 saturated heterocycles. The quantitative estimate of drug-likeness (QED) is 0.523. The van der Waals surface area contributed by atoms with Gasteiger partial charge in [-0.3, -0.25) is 10.1 Å². The minimum atomic E-state index is -1.15.